The number of carbonyl (C=O) groups excluding carboxylic acids is 1. The van der Waals surface area contributed by atoms with E-state index in [0.717, 1.165) is 35.6 Å². The van der Waals surface area contributed by atoms with Crippen LogP contribution >= 0.6 is 11.6 Å². The van der Waals surface area contributed by atoms with Crippen LogP contribution in [0.1, 0.15) is 24.0 Å². The van der Waals surface area contributed by atoms with Gasteiger partial charge in [-0.3, -0.25) is 19.6 Å². The van der Waals surface area contributed by atoms with Crippen LogP contribution in [-0.2, 0) is 4.79 Å². The van der Waals surface area contributed by atoms with E-state index in [-0.39, 0.29) is 12.5 Å². The number of anilines is 1. The summed E-state index contributed by atoms with van der Waals surface area (Å²) in [5.41, 5.74) is 3.64. The van der Waals surface area contributed by atoms with Crippen LogP contribution in [0.3, 0.4) is 0 Å². The van der Waals surface area contributed by atoms with E-state index in [9.17, 15) is 4.79 Å². The van der Waals surface area contributed by atoms with Crippen LogP contribution in [0.5, 0.6) is 0 Å². The van der Waals surface area contributed by atoms with E-state index < -0.39 is 0 Å². The molecule has 1 fully saturated rings. The predicted octanol–water partition coefficient (Wildman–Crippen LogP) is 3.58. The highest BCUT2D eigenvalue weighted by atomic mass is 35.5. The minimum Gasteiger partial charge on any atom is -0.297 e. The number of fused-ring (bicyclic) bond motifs is 1. The van der Waals surface area contributed by atoms with Crippen molar-refractivity contribution in [3.05, 3.63) is 64.7 Å². The van der Waals surface area contributed by atoms with E-state index in [1.54, 1.807) is 0 Å². The van der Waals surface area contributed by atoms with Crippen LogP contribution in [0.2, 0.25) is 5.02 Å². The van der Waals surface area contributed by atoms with Gasteiger partial charge in [0.15, 0.2) is 0 Å². The summed E-state index contributed by atoms with van der Waals surface area (Å²) in [7, 11) is 0. The van der Waals surface area contributed by atoms with Crippen molar-refractivity contribution in [2.75, 3.05) is 31.2 Å². The molecule has 0 atom stereocenters. The lowest BCUT2D eigenvalue weighted by molar-refractivity contribution is -0.117. The van der Waals surface area contributed by atoms with Crippen molar-refractivity contribution in [2.24, 2.45) is 4.99 Å². The molecule has 2 heterocycles. The predicted molar refractivity (Wildman–Crippen MR) is 102 cm³/mol. The largest absolute Gasteiger partial charge is 0.297 e. The van der Waals surface area contributed by atoms with E-state index in [1.807, 2.05) is 53.4 Å². The number of likely N-dealkylation sites (tertiary alicyclic amines) is 1. The van der Waals surface area contributed by atoms with Gasteiger partial charge in [-0.1, -0.05) is 41.9 Å². The van der Waals surface area contributed by atoms with Gasteiger partial charge in [-0.25, -0.2) is 0 Å². The Morgan fingerprint density at radius 2 is 1.80 bits per heavy atom. The number of nitrogens with zero attached hydrogens (tertiary/aromatic N) is 3. The Balaban J connectivity index is 1.78. The third-order valence-corrected chi connectivity index (χ3v) is 5.00. The Morgan fingerprint density at radius 3 is 2.56 bits per heavy atom. The molecule has 0 aromatic heterocycles. The van der Waals surface area contributed by atoms with Gasteiger partial charge in [-0.15, -0.1) is 0 Å². The zero-order valence-electron chi connectivity index (χ0n) is 14.0. The molecule has 0 unspecified atom stereocenters. The summed E-state index contributed by atoms with van der Waals surface area (Å²) in [6, 6.07) is 15.7. The lowest BCUT2D eigenvalue weighted by atomic mass is 10.0. The van der Waals surface area contributed by atoms with Crippen LogP contribution in [0.4, 0.5) is 5.69 Å². The van der Waals surface area contributed by atoms with E-state index in [2.05, 4.69) is 9.89 Å². The van der Waals surface area contributed by atoms with Gasteiger partial charge in [0.25, 0.3) is 0 Å². The Labute approximate surface area is 152 Å². The van der Waals surface area contributed by atoms with Gasteiger partial charge in [0, 0.05) is 16.1 Å². The fraction of sp³-hybridized carbons (Fsp3) is 0.300. The first kappa shape index (κ1) is 16.3. The zero-order valence-corrected chi connectivity index (χ0v) is 14.7. The first-order valence-corrected chi connectivity index (χ1v) is 9.03. The summed E-state index contributed by atoms with van der Waals surface area (Å²) in [5.74, 6) is 0.0291. The minimum absolute atomic E-state index is 0.0291. The van der Waals surface area contributed by atoms with Crippen molar-refractivity contribution in [3.8, 4) is 0 Å². The topological polar surface area (TPSA) is 35.9 Å². The highest BCUT2D eigenvalue weighted by Gasteiger charge is 2.27. The highest BCUT2D eigenvalue weighted by molar-refractivity contribution is 6.32. The maximum atomic E-state index is 12.8. The molecule has 25 heavy (non-hydrogen) atoms. The maximum absolute atomic E-state index is 12.8. The van der Waals surface area contributed by atoms with Crippen LogP contribution in [0, 0.1) is 0 Å². The Kier molecular flexibility index (Phi) is 4.55. The summed E-state index contributed by atoms with van der Waals surface area (Å²) in [4.78, 5) is 21.6. The summed E-state index contributed by atoms with van der Waals surface area (Å²) in [6.07, 6.45) is 2.39. The van der Waals surface area contributed by atoms with Gasteiger partial charge in [0.05, 0.1) is 18.1 Å². The van der Waals surface area contributed by atoms with Crippen LogP contribution in [-0.4, -0.2) is 42.8 Å². The highest BCUT2D eigenvalue weighted by Crippen LogP contribution is 2.30. The van der Waals surface area contributed by atoms with Gasteiger partial charge in [-0.05, 0) is 44.1 Å². The van der Waals surface area contributed by atoms with Crippen molar-refractivity contribution in [1.29, 1.82) is 0 Å². The molecule has 1 amide bonds. The van der Waals surface area contributed by atoms with Gasteiger partial charge in [-0.2, -0.15) is 0 Å². The summed E-state index contributed by atoms with van der Waals surface area (Å²) >= 11 is 6.27. The Morgan fingerprint density at radius 1 is 1.04 bits per heavy atom. The number of aliphatic imine (C=N–C) groups is 1. The molecular weight excluding hydrogens is 334 g/mol. The monoisotopic (exact) mass is 353 g/mol. The van der Waals surface area contributed by atoms with Crippen LogP contribution < -0.4 is 4.90 Å². The fourth-order valence-corrected chi connectivity index (χ4v) is 3.68. The number of hydrogen-bond donors (Lipinski definition) is 0. The number of rotatable bonds is 3. The van der Waals surface area contributed by atoms with Crippen molar-refractivity contribution >= 4 is 28.9 Å². The zero-order chi connectivity index (χ0) is 17.2. The molecule has 1 saturated heterocycles. The van der Waals surface area contributed by atoms with Crippen molar-refractivity contribution in [1.82, 2.24) is 4.90 Å². The molecule has 2 aromatic carbocycles. The first-order valence-electron chi connectivity index (χ1n) is 8.65. The number of hydrogen-bond acceptors (Lipinski definition) is 3. The maximum Gasteiger partial charge on any atom is 0.249 e. The molecule has 0 N–H and O–H groups in total. The lowest BCUT2D eigenvalue weighted by Crippen LogP contribution is -2.41. The summed E-state index contributed by atoms with van der Waals surface area (Å²) in [6.45, 7) is 2.85. The van der Waals surface area contributed by atoms with E-state index in [4.69, 9.17) is 11.6 Å². The van der Waals surface area contributed by atoms with E-state index in [1.165, 1.54) is 12.8 Å². The molecule has 0 saturated carbocycles. The van der Waals surface area contributed by atoms with Gasteiger partial charge < -0.3 is 0 Å². The molecule has 0 radical (unpaired) electrons. The third kappa shape index (κ3) is 3.32. The average molecular weight is 354 g/mol. The second-order valence-electron chi connectivity index (χ2n) is 6.48. The molecule has 0 aliphatic carbocycles. The van der Waals surface area contributed by atoms with Crippen LogP contribution in [0.25, 0.3) is 0 Å². The van der Waals surface area contributed by atoms with E-state index >= 15 is 0 Å². The molecule has 2 aliphatic rings. The number of benzene rings is 2. The SMILES string of the molecule is O=C1CN=C(c2ccccc2)c2cc(Cl)ccc2N1CN1CCCC1. The number of amides is 1. The Bertz CT molecular complexity index is 813. The van der Waals surface area contributed by atoms with Gasteiger partial charge >= 0.3 is 0 Å². The summed E-state index contributed by atoms with van der Waals surface area (Å²) in [5, 5.41) is 0.651. The molecule has 5 heteroatoms. The van der Waals surface area contributed by atoms with Crippen molar-refractivity contribution in [2.45, 2.75) is 12.8 Å². The fourth-order valence-electron chi connectivity index (χ4n) is 3.51. The molecule has 0 bridgehead atoms. The molecule has 4 rings (SSSR count). The normalized spacial score (nSPS) is 18.0. The number of halogens is 1. The molecule has 0 spiro atoms. The van der Waals surface area contributed by atoms with Crippen molar-refractivity contribution in [3.63, 3.8) is 0 Å². The van der Waals surface area contributed by atoms with Gasteiger partial charge in [0.2, 0.25) is 5.91 Å². The average Bonchev–Trinajstić information content (AvgIpc) is 3.10. The van der Waals surface area contributed by atoms with E-state index in [0.29, 0.717) is 11.7 Å². The van der Waals surface area contributed by atoms with Crippen molar-refractivity contribution < 1.29 is 4.79 Å². The minimum atomic E-state index is 0.0291. The smallest absolute Gasteiger partial charge is 0.249 e. The third-order valence-electron chi connectivity index (χ3n) is 4.77. The second kappa shape index (κ2) is 6.98. The molecule has 2 aromatic rings. The van der Waals surface area contributed by atoms with Gasteiger partial charge in [0.1, 0.15) is 6.54 Å². The molecule has 128 valence electrons. The lowest BCUT2D eigenvalue weighted by Gasteiger charge is -2.28. The first-order chi connectivity index (χ1) is 12.2. The standard InChI is InChI=1S/C20H20ClN3O/c21-16-8-9-18-17(12-16)20(15-6-2-1-3-7-15)22-13-19(25)24(18)14-23-10-4-5-11-23/h1-3,6-9,12H,4-5,10-11,13-14H2. The summed E-state index contributed by atoms with van der Waals surface area (Å²) < 4.78 is 0. The quantitative estimate of drug-likeness (QED) is 0.845. The second-order valence-corrected chi connectivity index (χ2v) is 6.92. The number of carbonyl (C=O) groups is 1. The molecular formula is C20H20ClN3O. The molecule has 2 aliphatic heterocycles. The van der Waals surface area contributed by atoms with Crippen LogP contribution in [0.15, 0.2) is 53.5 Å². The molecule has 4 nitrogen and oxygen atoms in total. The Hall–Kier alpha value is -2.17. The number of benzodiazepines with no additional fused rings is 1.